The first kappa shape index (κ1) is 14.3. The molecule has 0 amide bonds. The Kier molecular flexibility index (Phi) is 4.76. The SMILES string of the molecule is CCCOc1nc(Cl)nc(N(C)CC2CC(O)C2)n1. The van der Waals surface area contributed by atoms with Crippen LogP contribution in [0, 0.1) is 5.92 Å². The fourth-order valence-corrected chi connectivity index (χ4v) is 2.22. The number of aliphatic hydroxyl groups excluding tert-OH is 1. The number of aliphatic hydroxyl groups is 1. The second-order valence-corrected chi connectivity index (χ2v) is 5.25. The van der Waals surface area contributed by atoms with E-state index in [2.05, 4.69) is 15.0 Å². The first-order valence-corrected chi connectivity index (χ1v) is 6.89. The third kappa shape index (κ3) is 3.91. The number of halogens is 1. The van der Waals surface area contributed by atoms with Crippen LogP contribution in [0.4, 0.5) is 5.95 Å². The van der Waals surface area contributed by atoms with Crippen molar-refractivity contribution in [1.82, 2.24) is 15.0 Å². The van der Waals surface area contributed by atoms with Gasteiger partial charge in [-0.3, -0.25) is 0 Å². The van der Waals surface area contributed by atoms with E-state index in [9.17, 15) is 5.11 Å². The van der Waals surface area contributed by atoms with E-state index in [1.807, 2.05) is 18.9 Å². The molecule has 1 aromatic rings. The van der Waals surface area contributed by atoms with Crippen LogP contribution in [0.25, 0.3) is 0 Å². The molecule has 2 rings (SSSR count). The zero-order chi connectivity index (χ0) is 13.8. The molecule has 0 spiro atoms. The van der Waals surface area contributed by atoms with E-state index in [4.69, 9.17) is 16.3 Å². The van der Waals surface area contributed by atoms with Gasteiger partial charge in [0.05, 0.1) is 12.7 Å². The Morgan fingerprint density at radius 2 is 2.11 bits per heavy atom. The highest BCUT2D eigenvalue weighted by atomic mass is 35.5. The molecule has 1 heterocycles. The maximum Gasteiger partial charge on any atom is 0.322 e. The van der Waals surface area contributed by atoms with Crippen LogP contribution in [0.5, 0.6) is 6.01 Å². The number of aromatic nitrogens is 3. The zero-order valence-corrected chi connectivity index (χ0v) is 12.0. The summed E-state index contributed by atoms with van der Waals surface area (Å²) >= 11 is 5.87. The molecular formula is C12H19ClN4O2. The number of hydrogen-bond donors (Lipinski definition) is 1. The summed E-state index contributed by atoms with van der Waals surface area (Å²) in [5.41, 5.74) is 0. The molecule has 0 bridgehead atoms. The third-order valence-electron chi connectivity index (χ3n) is 3.10. The summed E-state index contributed by atoms with van der Waals surface area (Å²) in [7, 11) is 1.90. The van der Waals surface area contributed by atoms with Crippen molar-refractivity contribution in [3.05, 3.63) is 5.28 Å². The summed E-state index contributed by atoms with van der Waals surface area (Å²) in [6, 6.07) is 0.261. The molecular weight excluding hydrogens is 268 g/mol. The average molecular weight is 287 g/mol. The first-order chi connectivity index (χ1) is 9.08. The lowest BCUT2D eigenvalue weighted by Crippen LogP contribution is -2.37. The van der Waals surface area contributed by atoms with Crippen LogP contribution in [0.3, 0.4) is 0 Å². The highest BCUT2D eigenvalue weighted by Crippen LogP contribution is 2.28. The Bertz CT molecular complexity index is 426. The molecule has 6 nitrogen and oxygen atoms in total. The number of anilines is 1. The number of ether oxygens (including phenoxy) is 1. The predicted octanol–water partition coefficient (Wildman–Crippen LogP) is 1.52. The van der Waals surface area contributed by atoms with E-state index in [0.717, 1.165) is 25.8 Å². The largest absolute Gasteiger partial charge is 0.463 e. The molecule has 0 aliphatic heterocycles. The van der Waals surface area contributed by atoms with Crippen LogP contribution in [0.2, 0.25) is 5.28 Å². The highest BCUT2D eigenvalue weighted by molar-refractivity contribution is 6.28. The Morgan fingerprint density at radius 3 is 2.74 bits per heavy atom. The molecule has 0 saturated heterocycles. The second kappa shape index (κ2) is 6.34. The van der Waals surface area contributed by atoms with E-state index in [1.54, 1.807) is 0 Å². The number of hydrogen-bond acceptors (Lipinski definition) is 6. The molecule has 0 aromatic carbocycles. The topological polar surface area (TPSA) is 71.4 Å². The highest BCUT2D eigenvalue weighted by Gasteiger charge is 2.28. The lowest BCUT2D eigenvalue weighted by atomic mass is 9.82. The molecule has 1 aromatic heterocycles. The van der Waals surface area contributed by atoms with Gasteiger partial charge in [-0.25, -0.2) is 0 Å². The van der Waals surface area contributed by atoms with Gasteiger partial charge in [0.15, 0.2) is 0 Å². The monoisotopic (exact) mass is 286 g/mol. The van der Waals surface area contributed by atoms with Gasteiger partial charge in [-0.05, 0) is 36.8 Å². The number of nitrogens with zero attached hydrogens (tertiary/aromatic N) is 4. The van der Waals surface area contributed by atoms with Gasteiger partial charge in [0.25, 0.3) is 0 Å². The Morgan fingerprint density at radius 1 is 1.37 bits per heavy atom. The van der Waals surface area contributed by atoms with Gasteiger partial charge in [-0.1, -0.05) is 6.92 Å². The van der Waals surface area contributed by atoms with Crippen molar-refractivity contribution in [3.63, 3.8) is 0 Å². The van der Waals surface area contributed by atoms with Gasteiger partial charge in [-0.2, -0.15) is 15.0 Å². The van der Waals surface area contributed by atoms with Crippen LogP contribution in [0.1, 0.15) is 26.2 Å². The predicted molar refractivity (Wildman–Crippen MR) is 72.6 cm³/mol. The average Bonchev–Trinajstić information content (AvgIpc) is 2.33. The molecule has 1 aliphatic carbocycles. The summed E-state index contributed by atoms with van der Waals surface area (Å²) in [5, 5.41) is 9.42. The molecule has 7 heteroatoms. The lowest BCUT2D eigenvalue weighted by molar-refractivity contribution is 0.0463. The maximum absolute atomic E-state index is 9.29. The molecule has 0 radical (unpaired) electrons. The van der Waals surface area contributed by atoms with Gasteiger partial charge >= 0.3 is 6.01 Å². The minimum Gasteiger partial charge on any atom is -0.463 e. The second-order valence-electron chi connectivity index (χ2n) is 4.91. The Hall–Kier alpha value is -1.14. The molecule has 0 atom stereocenters. The van der Waals surface area contributed by atoms with Gasteiger partial charge in [0.2, 0.25) is 11.2 Å². The lowest BCUT2D eigenvalue weighted by Gasteiger charge is -2.34. The molecule has 1 aliphatic rings. The molecule has 1 N–H and O–H groups in total. The summed E-state index contributed by atoms with van der Waals surface area (Å²) in [6.07, 6.45) is 2.41. The van der Waals surface area contributed by atoms with Gasteiger partial charge in [0, 0.05) is 13.6 Å². The van der Waals surface area contributed by atoms with E-state index in [-0.39, 0.29) is 17.4 Å². The summed E-state index contributed by atoms with van der Waals surface area (Å²) in [6.45, 7) is 3.36. The summed E-state index contributed by atoms with van der Waals surface area (Å²) < 4.78 is 5.38. The van der Waals surface area contributed by atoms with Gasteiger partial charge in [-0.15, -0.1) is 0 Å². The third-order valence-corrected chi connectivity index (χ3v) is 3.26. The molecule has 19 heavy (non-hydrogen) atoms. The van der Waals surface area contributed by atoms with Crippen LogP contribution < -0.4 is 9.64 Å². The molecule has 1 fully saturated rings. The fourth-order valence-electron chi connectivity index (χ4n) is 2.07. The van der Waals surface area contributed by atoms with Crippen molar-refractivity contribution in [1.29, 1.82) is 0 Å². The Balaban J connectivity index is 1.99. The smallest absolute Gasteiger partial charge is 0.322 e. The van der Waals surface area contributed by atoms with Gasteiger partial charge in [0.1, 0.15) is 0 Å². The van der Waals surface area contributed by atoms with Crippen molar-refractivity contribution >= 4 is 17.5 Å². The molecule has 0 unspecified atom stereocenters. The minimum atomic E-state index is -0.149. The number of rotatable bonds is 6. The van der Waals surface area contributed by atoms with Crippen molar-refractivity contribution in [2.75, 3.05) is 25.1 Å². The maximum atomic E-state index is 9.29. The first-order valence-electron chi connectivity index (χ1n) is 6.52. The van der Waals surface area contributed by atoms with E-state index < -0.39 is 0 Å². The Labute approximate surface area is 117 Å². The standard InChI is InChI=1S/C12H19ClN4O2/c1-3-4-19-12-15-10(13)14-11(16-12)17(2)7-8-5-9(18)6-8/h8-9,18H,3-7H2,1-2H3. The normalized spacial score (nSPS) is 21.9. The van der Waals surface area contributed by atoms with E-state index in [0.29, 0.717) is 18.5 Å². The quantitative estimate of drug-likeness (QED) is 0.855. The van der Waals surface area contributed by atoms with Crippen molar-refractivity contribution < 1.29 is 9.84 Å². The van der Waals surface area contributed by atoms with E-state index in [1.165, 1.54) is 0 Å². The van der Waals surface area contributed by atoms with Crippen molar-refractivity contribution in [2.45, 2.75) is 32.3 Å². The van der Waals surface area contributed by atoms with Crippen molar-refractivity contribution in [3.8, 4) is 6.01 Å². The van der Waals surface area contributed by atoms with Crippen molar-refractivity contribution in [2.24, 2.45) is 5.92 Å². The minimum absolute atomic E-state index is 0.136. The van der Waals surface area contributed by atoms with Crippen LogP contribution >= 0.6 is 11.6 Å². The van der Waals surface area contributed by atoms with Crippen LogP contribution in [-0.4, -0.2) is 46.4 Å². The summed E-state index contributed by atoms with van der Waals surface area (Å²) in [4.78, 5) is 14.2. The molecule has 106 valence electrons. The van der Waals surface area contributed by atoms with Crippen LogP contribution in [0.15, 0.2) is 0 Å². The zero-order valence-electron chi connectivity index (χ0n) is 11.2. The molecule has 1 saturated carbocycles. The summed E-state index contributed by atoms with van der Waals surface area (Å²) in [5.74, 6) is 0.989. The van der Waals surface area contributed by atoms with Gasteiger partial charge < -0.3 is 14.7 Å². The fraction of sp³-hybridized carbons (Fsp3) is 0.750. The van der Waals surface area contributed by atoms with Crippen LogP contribution in [-0.2, 0) is 0 Å². The van der Waals surface area contributed by atoms with E-state index >= 15 is 0 Å².